The van der Waals surface area contributed by atoms with E-state index in [4.69, 9.17) is 0 Å². The van der Waals surface area contributed by atoms with Crippen molar-refractivity contribution in [3.8, 4) is 17.1 Å². The molecule has 0 unspecified atom stereocenters. The molecule has 0 saturated heterocycles. The van der Waals surface area contributed by atoms with E-state index in [0.29, 0.717) is 11.4 Å². The van der Waals surface area contributed by atoms with Gasteiger partial charge in [-0.1, -0.05) is 24.3 Å². The van der Waals surface area contributed by atoms with Gasteiger partial charge in [0.05, 0.1) is 11.4 Å². The lowest BCUT2D eigenvalue weighted by molar-refractivity contribution is 0.0687. The number of carboxylic acids is 1. The molecule has 22 heavy (non-hydrogen) atoms. The number of hydrogen-bond donors (Lipinski definition) is 1. The van der Waals surface area contributed by atoms with Gasteiger partial charge in [-0.2, -0.15) is 5.10 Å². The Morgan fingerprint density at radius 3 is 2.36 bits per heavy atom. The quantitative estimate of drug-likeness (QED) is 0.805. The summed E-state index contributed by atoms with van der Waals surface area (Å²) in [6.07, 6.45) is 1.66. The van der Waals surface area contributed by atoms with Crippen molar-refractivity contribution in [3.63, 3.8) is 0 Å². The summed E-state index contributed by atoms with van der Waals surface area (Å²) in [6, 6.07) is 12.8. The number of benzene rings is 1. The average molecular weight is 293 g/mol. The normalized spacial score (nSPS) is 10.6. The van der Waals surface area contributed by atoms with Crippen LogP contribution in [-0.4, -0.2) is 25.8 Å². The monoisotopic (exact) mass is 293 g/mol. The minimum absolute atomic E-state index is 0.123. The number of carbonyl (C=O) groups is 1. The summed E-state index contributed by atoms with van der Waals surface area (Å²) in [5.74, 6) is -1.02. The predicted molar refractivity (Wildman–Crippen MR) is 83.2 cm³/mol. The van der Waals surface area contributed by atoms with Crippen LogP contribution < -0.4 is 0 Å². The highest BCUT2D eigenvalue weighted by molar-refractivity contribution is 5.88. The van der Waals surface area contributed by atoms with Crippen LogP contribution in [0.25, 0.3) is 17.1 Å². The minimum Gasteiger partial charge on any atom is -0.477 e. The van der Waals surface area contributed by atoms with Crippen molar-refractivity contribution in [1.82, 2.24) is 14.8 Å². The Morgan fingerprint density at radius 2 is 1.77 bits per heavy atom. The molecule has 0 bridgehead atoms. The summed E-state index contributed by atoms with van der Waals surface area (Å²) in [5.41, 5.74) is 4.05. The molecule has 1 N–H and O–H groups in total. The van der Waals surface area contributed by atoms with Crippen LogP contribution in [0.2, 0.25) is 0 Å². The fourth-order valence-corrected chi connectivity index (χ4v) is 2.48. The van der Waals surface area contributed by atoms with E-state index in [0.717, 1.165) is 16.8 Å². The highest BCUT2D eigenvalue weighted by Gasteiger charge is 2.19. The molecule has 0 spiro atoms. The first-order valence-corrected chi connectivity index (χ1v) is 6.89. The van der Waals surface area contributed by atoms with Crippen LogP contribution in [0.1, 0.15) is 21.6 Å². The van der Waals surface area contributed by atoms with Gasteiger partial charge >= 0.3 is 5.97 Å². The lowest BCUT2D eigenvalue weighted by Gasteiger charge is -2.11. The van der Waals surface area contributed by atoms with E-state index in [-0.39, 0.29) is 5.69 Å². The maximum Gasteiger partial charge on any atom is 0.354 e. The summed E-state index contributed by atoms with van der Waals surface area (Å²) < 4.78 is 1.48. The first-order valence-electron chi connectivity index (χ1n) is 6.89. The summed E-state index contributed by atoms with van der Waals surface area (Å²) in [5, 5.41) is 14.0. The van der Waals surface area contributed by atoms with Crippen LogP contribution in [0.4, 0.5) is 0 Å². The Labute approximate surface area is 127 Å². The van der Waals surface area contributed by atoms with Gasteiger partial charge in [0.15, 0.2) is 5.69 Å². The van der Waals surface area contributed by atoms with Crippen molar-refractivity contribution in [3.05, 3.63) is 65.5 Å². The van der Waals surface area contributed by atoms with Gasteiger partial charge < -0.3 is 5.11 Å². The molecule has 3 rings (SSSR count). The molecule has 1 aromatic carbocycles. The van der Waals surface area contributed by atoms with Crippen molar-refractivity contribution >= 4 is 5.97 Å². The second-order valence-electron chi connectivity index (χ2n) is 5.09. The first kappa shape index (κ1) is 14.0. The van der Waals surface area contributed by atoms with Crippen LogP contribution in [0, 0.1) is 13.8 Å². The number of carboxylic acid groups (broad SMARTS) is 1. The number of nitrogens with zero attached hydrogens (tertiary/aromatic N) is 3. The summed E-state index contributed by atoms with van der Waals surface area (Å²) in [7, 11) is 0. The smallest absolute Gasteiger partial charge is 0.354 e. The molecule has 0 aliphatic rings. The Bertz CT molecular complexity index is 818. The summed E-state index contributed by atoms with van der Waals surface area (Å²) in [6.45, 7) is 3.88. The van der Waals surface area contributed by atoms with E-state index < -0.39 is 5.97 Å². The Kier molecular flexibility index (Phi) is 3.47. The zero-order chi connectivity index (χ0) is 15.7. The van der Waals surface area contributed by atoms with Crippen LogP contribution in [-0.2, 0) is 0 Å². The first-order chi connectivity index (χ1) is 10.6. The zero-order valence-corrected chi connectivity index (χ0v) is 12.3. The molecule has 0 aliphatic heterocycles. The van der Waals surface area contributed by atoms with Gasteiger partial charge in [-0.15, -0.1) is 0 Å². The maximum atomic E-state index is 11.6. The minimum atomic E-state index is -1.02. The van der Waals surface area contributed by atoms with Crippen molar-refractivity contribution in [2.45, 2.75) is 13.8 Å². The average Bonchev–Trinajstić information content (AvgIpc) is 2.93. The number of para-hydroxylation sites is 1. The second-order valence-corrected chi connectivity index (χ2v) is 5.09. The lowest BCUT2D eigenvalue weighted by Crippen LogP contribution is -2.10. The highest BCUT2D eigenvalue weighted by atomic mass is 16.4. The zero-order valence-electron chi connectivity index (χ0n) is 12.3. The molecule has 110 valence electrons. The topological polar surface area (TPSA) is 68.0 Å². The van der Waals surface area contributed by atoms with Gasteiger partial charge in [-0.3, -0.25) is 4.98 Å². The fourth-order valence-electron chi connectivity index (χ4n) is 2.48. The predicted octanol–water partition coefficient (Wildman–Crippen LogP) is 3.25. The third-order valence-electron chi connectivity index (χ3n) is 3.51. The summed E-state index contributed by atoms with van der Waals surface area (Å²) >= 11 is 0. The van der Waals surface area contributed by atoms with Crippen molar-refractivity contribution < 1.29 is 9.90 Å². The number of pyridine rings is 1. The third kappa shape index (κ3) is 2.37. The Balaban J connectivity index is 2.24. The molecule has 2 heterocycles. The number of hydrogen-bond acceptors (Lipinski definition) is 3. The van der Waals surface area contributed by atoms with Crippen LogP contribution in [0.15, 0.2) is 48.7 Å². The fraction of sp³-hybridized carbons (Fsp3) is 0.118. The lowest BCUT2D eigenvalue weighted by atomic mass is 10.1. The number of aromatic nitrogens is 3. The maximum absolute atomic E-state index is 11.6. The Morgan fingerprint density at radius 1 is 1.05 bits per heavy atom. The van der Waals surface area contributed by atoms with Crippen LogP contribution in [0.3, 0.4) is 0 Å². The molecular formula is C17H15N3O2. The molecule has 0 fully saturated rings. The molecule has 5 nitrogen and oxygen atoms in total. The molecule has 3 aromatic rings. The van der Waals surface area contributed by atoms with Gasteiger partial charge in [0.1, 0.15) is 5.69 Å². The Hall–Kier alpha value is -2.95. The van der Waals surface area contributed by atoms with Crippen LogP contribution >= 0.6 is 0 Å². The largest absolute Gasteiger partial charge is 0.477 e. The molecule has 0 amide bonds. The van der Waals surface area contributed by atoms with E-state index in [1.165, 1.54) is 4.68 Å². The number of rotatable bonds is 3. The summed E-state index contributed by atoms with van der Waals surface area (Å²) in [4.78, 5) is 15.8. The third-order valence-corrected chi connectivity index (χ3v) is 3.51. The molecule has 5 heteroatoms. The SMILES string of the molecule is Cc1cccc(C)c1-n1nc(-c2ccccn2)cc1C(=O)O. The van der Waals surface area contributed by atoms with Gasteiger partial charge in [0.25, 0.3) is 0 Å². The van der Waals surface area contributed by atoms with Crippen molar-refractivity contribution in [2.24, 2.45) is 0 Å². The van der Waals surface area contributed by atoms with Crippen LogP contribution in [0.5, 0.6) is 0 Å². The standard InChI is InChI=1S/C17H15N3O2/c1-11-6-5-7-12(2)16(11)20-15(17(21)22)10-14(19-20)13-8-3-4-9-18-13/h3-10H,1-2H3,(H,21,22). The van der Waals surface area contributed by atoms with Crippen molar-refractivity contribution in [2.75, 3.05) is 0 Å². The molecule has 0 aliphatic carbocycles. The molecule has 2 aromatic heterocycles. The number of aromatic carboxylic acids is 1. The molecule has 0 atom stereocenters. The van der Waals surface area contributed by atoms with E-state index >= 15 is 0 Å². The van der Waals surface area contributed by atoms with E-state index in [2.05, 4.69) is 10.1 Å². The van der Waals surface area contributed by atoms with Gasteiger partial charge in [0.2, 0.25) is 0 Å². The van der Waals surface area contributed by atoms with Crippen molar-refractivity contribution in [1.29, 1.82) is 0 Å². The van der Waals surface area contributed by atoms with Gasteiger partial charge in [-0.25, -0.2) is 9.48 Å². The van der Waals surface area contributed by atoms with Gasteiger partial charge in [0, 0.05) is 12.3 Å². The van der Waals surface area contributed by atoms with E-state index in [1.54, 1.807) is 12.3 Å². The molecule has 0 radical (unpaired) electrons. The molecule has 0 saturated carbocycles. The van der Waals surface area contributed by atoms with Gasteiger partial charge in [-0.05, 0) is 37.1 Å². The highest BCUT2D eigenvalue weighted by Crippen LogP contribution is 2.24. The molecular weight excluding hydrogens is 278 g/mol. The number of aryl methyl sites for hydroxylation is 2. The van der Waals surface area contributed by atoms with E-state index in [9.17, 15) is 9.90 Å². The van der Waals surface area contributed by atoms with E-state index in [1.807, 2.05) is 50.2 Å². The second kappa shape index (κ2) is 5.44.